The van der Waals surface area contributed by atoms with E-state index in [0.717, 1.165) is 18.7 Å². The van der Waals surface area contributed by atoms with Crippen molar-refractivity contribution >= 4 is 5.96 Å². The van der Waals surface area contributed by atoms with E-state index in [2.05, 4.69) is 23.8 Å². The van der Waals surface area contributed by atoms with Gasteiger partial charge in [-0.15, -0.1) is 0 Å². The first-order chi connectivity index (χ1) is 12.2. The van der Waals surface area contributed by atoms with Crippen LogP contribution in [0, 0.1) is 0 Å². The number of rotatable bonds is 8. The molecule has 2 aromatic rings. The highest BCUT2D eigenvalue weighted by Crippen LogP contribution is 2.30. The van der Waals surface area contributed by atoms with Crippen LogP contribution in [-0.4, -0.2) is 35.5 Å². The Bertz CT molecular complexity index is 682. The maximum atomic E-state index is 5.98. The second-order valence-corrected chi connectivity index (χ2v) is 5.33. The fraction of sp³-hybridized carbons (Fsp3) is 0.368. The highest BCUT2D eigenvalue weighted by atomic mass is 16.5. The first-order valence-corrected chi connectivity index (χ1v) is 8.57. The molecule has 0 atom stereocenters. The summed E-state index contributed by atoms with van der Waals surface area (Å²) in [7, 11) is 0. The van der Waals surface area contributed by atoms with Crippen LogP contribution in [0.4, 0.5) is 0 Å². The van der Waals surface area contributed by atoms with Gasteiger partial charge in [0.2, 0.25) is 5.88 Å². The number of para-hydroxylation sites is 2. The van der Waals surface area contributed by atoms with Gasteiger partial charge in [-0.25, -0.2) is 9.98 Å². The molecule has 0 aliphatic carbocycles. The van der Waals surface area contributed by atoms with Crippen LogP contribution in [-0.2, 0) is 6.54 Å². The SMILES string of the molecule is CCOc1ccccc1Oc1ccc(CN=C(N)N(CC)CC)cn1. The first kappa shape index (κ1) is 18.6. The third-order valence-electron chi connectivity index (χ3n) is 3.67. The smallest absolute Gasteiger partial charge is 0.219 e. The molecule has 0 bridgehead atoms. The number of pyridine rings is 1. The van der Waals surface area contributed by atoms with Gasteiger partial charge in [-0.2, -0.15) is 0 Å². The molecule has 0 unspecified atom stereocenters. The highest BCUT2D eigenvalue weighted by Gasteiger charge is 2.06. The summed E-state index contributed by atoms with van der Waals surface area (Å²) in [4.78, 5) is 10.8. The van der Waals surface area contributed by atoms with Crippen molar-refractivity contribution in [2.24, 2.45) is 10.7 Å². The molecule has 0 spiro atoms. The fourth-order valence-corrected chi connectivity index (χ4v) is 2.31. The van der Waals surface area contributed by atoms with Gasteiger partial charge >= 0.3 is 0 Å². The van der Waals surface area contributed by atoms with Gasteiger partial charge in [-0.05, 0) is 38.5 Å². The Balaban J connectivity index is 2.02. The number of nitrogens with two attached hydrogens (primary N) is 1. The summed E-state index contributed by atoms with van der Waals surface area (Å²) in [5.41, 5.74) is 6.95. The van der Waals surface area contributed by atoms with Crippen molar-refractivity contribution in [1.82, 2.24) is 9.88 Å². The summed E-state index contributed by atoms with van der Waals surface area (Å²) in [6, 6.07) is 11.3. The van der Waals surface area contributed by atoms with Crippen LogP contribution in [0.15, 0.2) is 47.6 Å². The molecule has 1 aromatic heterocycles. The van der Waals surface area contributed by atoms with Gasteiger partial charge in [0.1, 0.15) is 0 Å². The minimum Gasteiger partial charge on any atom is -0.490 e. The Kier molecular flexibility index (Phi) is 7.07. The molecule has 2 N–H and O–H groups in total. The van der Waals surface area contributed by atoms with Gasteiger partial charge in [-0.1, -0.05) is 18.2 Å². The van der Waals surface area contributed by atoms with Gasteiger partial charge in [0.25, 0.3) is 0 Å². The quantitative estimate of drug-likeness (QED) is 0.588. The maximum Gasteiger partial charge on any atom is 0.219 e. The van der Waals surface area contributed by atoms with Crippen LogP contribution in [0.3, 0.4) is 0 Å². The van der Waals surface area contributed by atoms with E-state index in [1.54, 1.807) is 6.20 Å². The van der Waals surface area contributed by atoms with E-state index < -0.39 is 0 Å². The van der Waals surface area contributed by atoms with Crippen molar-refractivity contribution in [2.45, 2.75) is 27.3 Å². The van der Waals surface area contributed by atoms with E-state index in [4.69, 9.17) is 15.2 Å². The van der Waals surface area contributed by atoms with Crippen LogP contribution in [0.25, 0.3) is 0 Å². The van der Waals surface area contributed by atoms with Crippen molar-refractivity contribution < 1.29 is 9.47 Å². The molecule has 6 nitrogen and oxygen atoms in total. The minimum atomic E-state index is 0.491. The molecule has 0 fully saturated rings. The molecular weight excluding hydrogens is 316 g/mol. The van der Waals surface area contributed by atoms with Gasteiger partial charge in [0, 0.05) is 25.4 Å². The average molecular weight is 342 g/mol. The molecule has 6 heteroatoms. The first-order valence-electron chi connectivity index (χ1n) is 8.57. The lowest BCUT2D eigenvalue weighted by molar-refractivity contribution is 0.319. The normalized spacial score (nSPS) is 11.2. The largest absolute Gasteiger partial charge is 0.490 e. The summed E-state index contributed by atoms with van der Waals surface area (Å²) in [6.07, 6.45) is 1.75. The zero-order valence-corrected chi connectivity index (χ0v) is 15.1. The van der Waals surface area contributed by atoms with Gasteiger partial charge < -0.3 is 20.1 Å². The van der Waals surface area contributed by atoms with E-state index in [1.165, 1.54) is 0 Å². The van der Waals surface area contributed by atoms with Crippen molar-refractivity contribution in [3.05, 3.63) is 48.2 Å². The summed E-state index contributed by atoms with van der Waals surface area (Å²) in [5, 5.41) is 0. The molecule has 0 saturated heterocycles. The van der Waals surface area contributed by atoms with Crippen LogP contribution in [0.1, 0.15) is 26.3 Å². The molecule has 0 aliphatic rings. The predicted octanol–water partition coefficient (Wildman–Crippen LogP) is 3.43. The van der Waals surface area contributed by atoms with Crippen LogP contribution < -0.4 is 15.2 Å². The molecular formula is C19H26N4O2. The van der Waals surface area contributed by atoms with Crippen LogP contribution >= 0.6 is 0 Å². The molecule has 0 amide bonds. The molecule has 0 saturated carbocycles. The third-order valence-corrected chi connectivity index (χ3v) is 3.67. The minimum absolute atomic E-state index is 0.491. The van der Waals surface area contributed by atoms with Crippen LogP contribution in [0.2, 0.25) is 0 Å². The zero-order chi connectivity index (χ0) is 18.1. The van der Waals surface area contributed by atoms with E-state index in [1.807, 2.05) is 48.2 Å². The topological polar surface area (TPSA) is 73.0 Å². The molecule has 134 valence electrons. The second-order valence-electron chi connectivity index (χ2n) is 5.33. The van der Waals surface area contributed by atoms with E-state index in [-0.39, 0.29) is 0 Å². The molecule has 0 aliphatic heterocycles. The lowest BCUT2D eigenvalue weighted by atomic mass is 10.3. The lowest BCUT2D eigenvalue weighted by Gasteiger charge is -2.19. The van der Waals surface area contributed by atoms with Crippen molar-refractivity contribution in [2.75, 3.05) is 19.7 Å². The number of guanidine groups is 1. The number of aliphatic imine (C=N–C) groups is 1. The average Bonchev–Trinajstić information content (AvgIpc) is 2.64. The van der Waals surface area contributed by atoms with E-state index in [9.17, 15) is 0 Å². The van der Waals surface area contributed by atoms with Crippen molar-refractivity contribution in [1.29, 1.82) is 0 Å². The molecule has 25 heavy (non-hydrogen) atoms. The monoisotopic (exact) mass is 342 g/mol. The van der Waals surface area contributed by atoms with Gasteiger partial charge in [0.15, 0.2) is 17.5 Å². The summed E-state index contributed by atoms with van der Waals surface area (Å²) >= 11 is 0. The Morgan fingerprint density at radius 3 is 2.40 bits per heavy atom. The van der Waals surface area contributed by atoms with Crippen LogP contribution in [0.5, 0.6) is 17.4 Å². The van der Waals surface area contributed by atoms with E-state index >= 15 is 0 Å². The lowest BCUT2D eigenvalue weighted by Crippen LogP contribution is -2.37. The predicted molar refractivity (Wildman–Crippen MR) is 100 cm³/mol. The van der Waals surface area contributed by atoms with Gasteiger partial charge in [0.05, 0.1) is 13.2 Å². The number of benzene rings is 1. The fourth-order valence-electron chi connectivity index (χ4n) is 2.31. The summed E-state index contributed by atoms with van der Waals surface area (Å²) < 4.78 is 11.4. The molecule has 1 heterocycles. The van der Waals surface area contributed by atoms with Crippen molar-refractivity contribution in [3.63, 3.8) is 0 Å². The van der Waals surface area contributed by atoms with Gasteiger partial charge in [-0.3, -0.25) is 0 Å². The molecule has 2 rings (SSSR count). The molecule has 1 aromatic carbocycles. The van der Waals surface area contributed by atoms with E-state index in [0.29, 0.717) is 36.5 Å². The third kappa shape index (κ3) is 5.38. The number of hydrogen-bond donors (Lipinski definition) is 1. The standard InChI is InChI=1S/C19H26N4O2/c1-4-23(5-2)19(20)22-14-15-11-12-18(21-13-15)25-17-10-8-7-9-16(17)24-6-3/h7-13H,4-6,14H2,1-3H3,(H2,20,22). The number of hydrogen-bond acceptors (Lipinski definition) is 4. The summed E-state index contributed by atoms with van der Waals surface area (Å²) in [5.74, 6) is 2.41. The zero-order valence-electron chi connectivity index (χ0n) is 15.1. The molecule has 0 radical (unpaired) electrons. The Hall–Kier alpha value is -2.76. The maximum absolute atomic E-state index is 5.98. The Morgan fingerprint density at radius 2 is 1.80 bits per heavy atom. The number of aromatic nitrogens is 1. The number of nitrogens with zero attached hydrogens (tertiary/aromatic N) is 3. The van der Waals surface area contributed by atoms with Crippen molar-refractivity contribution in [3.8, 4) is 17.4 Å². The highest BCUT2D eigenvalue weighted by molar-refractivity contribution is 5.77. The Morgan fingerprint density at radius 1 is 1.08 bits per heavy atom. The second kappa shape index (κ2) is 9.52. The summed E-state index contributed by atoms with van der Waals surface area (Å²) in [6.45, 7) is 8.81. The number of ether oxygens (including phenoxy) is 2. The Labute approximate surface area is 149 Å².